The lowest BCUT2D eigenvalue weighted by atomic mass is 10.0. The summed E-state index contributed by atoms with van der Waals surface area (Å²) in [7, 11) is 5.92. The fourth-order valence-corrected chi connectivity index (χ4v) is 9.29. The molecule has 0 N–H and O–H groups in total. The van der Waals surface area contributed by atoms with Gasteiger partial charge in [-0.1, -0.05) is 279 Å². The number of hydrogen-bond acceptors (Lipinski definition) is 8. The van der Waals surface area contributed by atoms with Crippen molar-refractivity contribution in [3.8, 4) is 0 Å². The standard InChI is InChI=1S/C71H125NO8/c1-6-8-10-12-14-16-18-20-22-23-24-25-26-27-28-29-30-31-32-33-34-35-36-37-38-39-40-41-42-43-44-45-46-47-48-50-52-54-56-58-60-62-69(74)80-67(66-79-71(70(75)76)77-64-63-72(3,4)5)65-78-68(73)61-59-57-55-53-51-49-21-19-17-15-13-11-9-7-2/h8,10,13-16,19-22,24-25,27-28,67,71H,6-7,9,11-12,17-18,23,26,29-66H2,1-5H3/b10-8-,15-13-,16-14-,21-19-,22-20-,25-24-,28-27-. The van der Waals surface area contributed by atoms with Crippen molar-refractivity contribution < 1.29 is 42.9 Å². The number of allylic oxidation sites excluding steroid dienone is 14. The Morgan fingerprint density at radius 3 is 1.06 bits per heavy atom. The second-order valence-electron chi connectivity index (χ2n) is 23.4. The first-order valence-corrected chi connectivity index (χ1v) is 33.2. The Kier molecular flexibility index (Phi) is 58.8. The number of ether oxygens (including phenoxy) is 4. The summed E-state index contributed by atoms with van der Waals surface area (Å²) in [5, 5.41) is 11.8. The van der Waals surface area contributed by atoms with E-state index in [1.54, 1.807) is 0 Å². The molecule has 2 atom stereocenters. The Hall–Kier alpha value is -3.53. The maximum absolute atomic E-state index is 12.9. The molecule has 0 bridgehead atoms. The number of esters is 2. The van der Waals surface area contributed by atoms with Gasteiger partial charge in [-0.25, -0.2) is 0 Å². The van der Waals surface area contributed by atoms with Gasteiger partial charge in [-0.3, -0.25) is 9.59 Å². The van der Waals surface area contributed by atoms with Crippen LogP contribution in [-0.4, -0.2) is 82.3 Å². The summed E-state index contributed by atoms with van der Waals surface area (Å²) >= 11 is 0. The lowest BCUT2D eigenvalue weighted by Gasteiger charge is -2.26. The first kappa shape index (κ1) is 76.5. The second-order valence-corrected chi connectivity index (χ2v) is 23.4. The molecule has 0 radical (unpaired) electrons. The first-order valence-electron chi connectivity index (χ1n) is 33.2. The van der Waals surface area contributed by atoms with Gasteiger partial charge in [0, 0.05) is 12.8 Å². The summed E-state index contributed by atoms with van der Waals surface area (Å²) in [6.07, 6.45) is 79.7. The molecule has 0 aromatic rings. The van der Waals surface area contributed by atoms with Gasteiger partial charge in [-0.2, -0.15) is 0 Å². The van der Waals surface area contributed by atoms with E-state index in [2.05, 4.69) is 98.9 Å². The zero-order chi connectivity index (χ0) is 58.3. The topological polar surface area (TPSA) is 111 Å². The number of rotatable bonds is 61. The van der Waals surface area contributed by atoms with E-state index in [4.69, 9.17) is 18.9 Å². The van der Waals surface area contributed by atoms with Crippen LogP contribution in [0.3, 0.4) is 0 Å². The first-order chi connectivity index (χ1) is 39.1. The fraction of sp³-hybridized carbons (Fsp3) is 0.761. The zero-order valence-corrected chi connectivity index (χ0v) is 52.7. The molecule has 0 aromatic heterocycles. The molecule has 0 spiro atoms. The van der Waals surface area contributed by atoms with Crippen molar-refractivity contribution in [1.82, 2.24) is 0 Å². The minimum absolute atomic E-state index is 0.145. The zero-order valence-electron chi connectivity index (χ0n) is 52.7. The number of hydrogen-bond donors (Lipinski definition) is 0. The van der Waals surface area contributed by atoms with E-state index in [1.807, 2.05) is 21.1 Å². The van der Waals surface area contributed by atoms with Crippen molar-refractivity contribution in [2.45, 2.75) is 302 Å². The molecule has 0 heterocycles. The molecule has 2 unspecified atom stereocenters. The Balaban J connectivity index is 3.94. The number of quaternary nitrogens is 1. The molecule has 9 heteroatoms. The van der Waals surface area contributed by atoms with Crippen LogP contribution in [-0.2, 0) is 33.3 Å². The highest BCUT2D eigenvalue weighted by Crippen LogP contribution is 2.17. The van der Waals surface area contributed by atoms with Crippen molar-refractivity contribution >= 4 is 17.9 Å². The molecule has 0 aromatic carbocycles. The van der Waals surface area contributed by atoms with E-state index in [9.17, 15) is 19.5 Å². The highest BCUT2D eigenvalue weighted by atomic mass is 16.7. The Labute approximate surface area is 493 Å². The Bertz CT molecular complexity index is 1590. The predicted molar refractivity (Wildman–Crippen MR) is 338 cm³/mol. The second kappa shape index (κ2) is 61.5. The van der Waals surface area contributed by atoms with Gasteiger partial charge in [0.2, 0.25) is 0 Å². The SMILES string of the molecule is CC/C=C\C/C=C\C/C=C\C/C=C\C/C=C\CCCCCCCCCCCCCCCCCCCCCCCCCCCC(=O)OC(COC(=O)CCCCCCC/C=C\C/C=C\CCCC)COC(OCC[N+](C)(C)C)C(=O)[O-]. The van der Waals surface area contributed by atoms with Gasteiger partial charge in [-0.15, -0.1) is 0 Å². The number of likely N-dealkylation sites (N-methyl/N-ethyl adjacent to an activating group) is 1. The molecule has 0 aliphatic heterocycles. The van der Waals surface area contributed by atoms with Crippen LogP contribution in [0, 0.1) is 0 Å². The number of nitrogens with zero attached hydrogens (tertiary/aromatic N) is 1. The van der Waals surface area contributed by atoms with Gasteiger partial charge in [-0.05, 0) is 83.5 Å². The molecule has 80 heavy (non-hydrogen) atoms. The molecule has 0 amide bonds. The molecule has 0 fully saturated rings. The summed E-state index contributed by atoms with van der Waals surface area (Å²) in [4.78, 5) is 37.3. The van der Waals surface area contributed by atoms with Gasteiger partial charge in [0.25, 0.3) is 0 Å². The monoisotopic (exact) mass is 1120 g/mol. The van der Waals surface area contributed by atoms with Crippen LogP contribution in [0.4, 0.5) is 0 Å². The summed E-state index contributed by atoms with van der Waals surface area (Å²) < 4.78 is 22.7. The van der Waals surface area contributed by atoms with Crippen molar-refractivity contribution in [3.05, 3.63) is 85.1 Å². The molecule has 0 aliphatic rings. The average molecular weight is 1120 g/mol. The van der Waals surface area contributed by atoms with Crippen LogP contribution in [0.15, 0.2) is 85.1 Å². The molecule has 9 nitrogen and oxygen atoms in total. The average Bonchev–Trinajstić information content (AvgIpc) is 3.43. The van der Waals surface area contributed by atoms with Crippen molar-refractivity contribution in [3.63, 3.8) is 0 Å². The molecule has 0 rings (SSSR count). The number of carbonyl (C=O) groups excluding carboxylic acids is 3. The smallest absolute Gasteiger partial charge is 0.306 e. The number of aliphatic carboxylic acids is 1. The summed E-state index contributed by atoms with van der Waals surface area (Å²) in [6.45, 7) is 4.59. The van der Waals surface area contributed by atoms with Crippen molar-refractivity contribution in [2.75, 3.05) is 47.5 Å². The van der Waals surface area contributed by atoms with E-state index >= 15 is 0 Å². The van der Waals surface area contributed by atoms with Gasteiger partial charge >= 0.3 is 11.9 Å². The van der Waals surface area contributed by atoms with E-state index in [0.29, 0.717) is 17.4 Å². The minimum atomic E-state index is -1.62. The van der Waals surface area contributed by atoms with E-state index in [1.165, 1.54) is 161 Å². The highest BCUT2D eigenvalue weighted by Gasteiger charge is 2.22. The van der Waals surface area contributed by atoms with Crippen LogP contribution in [0.1, 0.15) is 290 Å². The summed E-state index contributed by atoms with van der Waals surface area (Å²) in [6, 6.07) is 0. The van der Waals surface area contributed by atoms with Crippen LogP contribution in [0.5, 0.6) is 0 Å². The maximum atomic E-state index is 12.9. The molecular formula is C71H125NO8. The third kappa shape index (κ3) is 62.1. The van der Waals surface area contributed by atoms with Crippen LogP contribution in [0.25, 0.3) is 0 Å². The van der Waals surface area contributed by atoms with Gasteiger partial charge < -0.3 is 33.3 Å². The normalized spacial score (nSPS) is 13.3. The molecule has 0 saturated carbocycles. The number of carbonyl (C=O) groups is 3. The summed E-state index contributed by atoms with van der Waals surface area (Å²) in [5.74, 6) is -2.29. The quantitative estimate of drug-likeness (QED) is 0.0195. The number of carboxylic acids is 1. The van der Waals surface area contributed by atoms with Crippen LogP contribution >= 0.6 is 0 Å². The molecule has 0 saturated heterocycles. The number of unbranched alkanes of at least 4 members (excludes halogenated alkanes) is 32. The van der Waals surface area contributed by atoms with Gasteiger partial charge in [0.05, 0.1) is 40.3 Å². The highest BCUT2D eigenvalue weighted by molar-refractivity contribution is 5.70. The van der Waals surface area contributed by atoms with Crippen molar-refractivity contribution in [2.24, 2.45) is 0 Å². The molecule has 0 aliphatic carbocycles. The van der Waals surface area contributed by atoms with Crippen LogP contribution in [0.2, 0.25) is 0 Å². The fourth-order valence-electron chi connectivity index (χ4n) is 9.29. The summed E-state index contributed by atoms with van der Waals surface area (Å²) in [5.41, 5.74) is 0. The largest absolute Gasteiger partial charge is 0.545 e. The number of carboxylic acid groups (broad SMARTS) is 1. The third-order valence-corrected chi connectivity index (χ3v) is 14.4. The lowest BCUT2D eigenvalue weighted by Crippen LogP contribution is -2.44. The van der Waals surface area contributed by atoms with Gasteiger partial charge in [0.1, 0.15) is 13.2 Å². The van der Waals surface area contributed by atoms with E-state index in [0.717, 1.165) is 96.3 Å². The maximum Gasteiger partial charge on any atom is 0.306 e. The molecule has 462 valence electrons. The Morgan fingerprint density at radius 2 is 0.713 bits per heavy atom. The third-order valence-electron chi connectivity index (χ3n) is 14.4. The van der Waals surface area contributed by atoms with E-state index in [-0.39, 0.29) is 38.6 Å². The Morgan fingerprint density at radius 1 is 0.388 bits per heavy atom. The van der Waals surface area contributed by atoms with Gasteiger partial charge in [0.15, 0.2) is 12.4 Å². The molecular weight excluding hydrogens is 995 g/mol. The van der Waals surface area contributed by atoms with Crippen LogP contribution < -0.4 is 5.11 Å². The minimum Gasteiger partial charge on any atom is -0.545 e. The predicted octanol–water partition coefficient (Wildman–Crippen LogP) is 19.0. The van der Waals surface area contributed by atoms with E-state index < -0.39 is 24.3 Å². The lowest BCUT2D eigenvalue weighted by molar-refractivity contribution is -0.870. The van der Waals surface area contributed by atoms with Crippen molar-refractivity contribution in [1.29, 1.82) is 0 Å².